The maximum atomic E-state index is 10.1. The van der Waals surface area contributed by atoms with Crippen molar-refractivity contribution >= 4 is 12.3 Å². The van der Waals surface area contributed by atoms with Gasteiger partial charge in [-0.05, 0) is 0 Å². The predicted octanol–water partition coefficient (Wildman–Crippen LogP) is -0.0255. The van der Waals surface area contributed by atoms with Crippen molar-refractivity contribution in [3.8, 4) is 0 Å². The summed E-state index contributed by atoms with van der Waals surface area (Å²) < 4.78 is 4.80. The van der Waals surface area contributed by atoms with Gasteiger partial charge in [0.15, 0.2) is 0 Å². The van der Waals surface area contributed by atoms with Crippen molar-refractivity contribution in [1.29, 1.82) is 0 Å². The van der Waals surface area contributed by atoms with E-state index in [9.17, 15) is 4.79 Å². The van der Waals surface area contributed by atoms with Gasteiger partial charge in [-0.2, -0.15) is 0 Å². The smallest absolute Gasteiger partial charge is 0.215 e. The zero-order valence-corrected chi connectivity index (χ0v) is 5.65. The van der Waals surface area contributed by atoms with Crippen LogP contribution in [0.4, 0.5) is 0 Å². The normalized spacial score (nSPS) is 16.5. The Labute approximate surface area is 58.8 Å². The number of hydrogen-bond acceptors (Lipinski definition) is 3. The Morgan fingerprint density at radius 3 is 3.10 bits per heavy atom. The molecule has 0 aromatic carbocycles. The van der Waals surface area contributed by atoms with E-state index in [1.54, 1.807) is 19.4 Å². The van der Waals surface area contributed by atoms with Gasteiger partial charge in [0.25, 0.3) is 0 Å². The van der Waals surface area contributed by atoms with Crippen LogP contribution < -0.4 is 0 Å². The summed E-state index contributed by atoms with van der Waals surface area (Å²) in [7, 11) is 1.54. The minimum Gasteiger partial charge on any atom is -0.481 e. The van der Waals surface area contributed by atoms with Gasteiger partial charge in [-0.25, -0.2) is 4.99 Å². The second-order valence-electron chi connectivity index (χ2n) is 1.78. The first-order valence-electron chi connectivity index (χ1n) is 2.84. The van der Waals surface area contributed by atoms with Gasteiger partial charge < -0.3 is 9.64 Å². The summed E-state index contributed by atoms with van der Waals surface area (Å²) in [4.78, 5) is 15.4. The number of methoxy groups -OCH3 is 1. The Morgan fingerprint density at radius 2 is 2.70 bits per heavy atom. The lowest BCUT2D eigenvalue weighted by Crippen LogP contribution is -2.20. The van der Waals surface area contributed by atoms with E-state index in [2.05, 4.69) is 4.99 Å². The lowest BCUT2D eigenvalue weighted by molar-refractivity contribution is -0.115. The van der Waals surface area contributed by atoms with Gasteiger partial charge in [0.1, 0.15) is 6.67 Å². The fraction of sp³-hybridized carbons (Fsp3) is 0.333. The summed E-state index contributed by atoms with van der Waals surface area (Å²) in [5.41, 5.74) is 0. The van der Waals surface area contributed by atoms with Crippen LogP contribution >= 0.6 is 0 Å². The molecule has 1 aliphatic rings. The molecule has 0 fully saturated rings. The number of ether oxygens (including phenoxy) is 1. The van der Waals surface area contributed by atoms with Gasteiger partial charge in [-0.3, -0.25) is 4.79 Å². The molecule has 0 aromatic rings. The summed E-state index contributed by atoms with van der Waals surface area (Å²) in [6.07, 6.45) is 3.98. The molecular formula is C6H8N2O2. The van der Waals surface area contributed by atoms with Crippen LogP contribution in [0.15, 0.2) is 17.3 Å². The highest BCUT2D eigenvalue weighted by atomic mass is 16.5. The first-order chi connectivity index (χ1) is 4.86. The number of rotatable bonds is 1. The van der Waals surface area contributed by atoms with Crippen LogP contribution in [-0.2, 0) is 9.53 Å². The van der Waals surface area contributed by atoms with Crippen molar-refractivity contribution < 1.29 is 9.53 Å². The molecule has 0 spiro atoms. The fourth-order valence-electron chi connectivity index (χ4n) is 0.612. The third-order valence-corrected chi connectivity index (χ3v) is 1.14. The van der Waals surface area contributed by atoms with Gasteiger partial charge in [0, 0.05) is 12.3 Å². The Kier molecular flexibility index (Phi) is 2.04. The van der Waals surface area contributed by atoms with Crippen LogP contribution in [0.3, 0.4) is 0 Å². The van der Waals surface area contributed by atoms with E-state index in [4.69, 9.17) is 4.74 Å². The molecule has 1 amide bonds. The highest BCUT2D eigenvalue weighted by Gasteiger charge is 2.02. The largest absolute Gasteiger partial charge is 0.481 e. The number of carbonyl (C=O) groups excluding carboxylic acids is 1. The van der Waals surface area contributed by atoms with Crippen molar-refractivity contribution in [3.05, 3.63) is 12.3 Å². The van der Waals surface area contributed by atoms with Crippen LogP contribution in [0.1, 0.15) is 0 Å². The lowest BCUT2D eigenvalue weighted by atomic mass is 10.5. The monoisotopic (exact) mass is 140 g/mol. The number of nitrogens with zero attached hydrogens (tertiary/aromatic N) is 2. The molecular weight excluding hydrogens is 132 g/mol. The van der Waals surface area contributed by atoms with Crippen LogP contribution in [0.2, 0.25) is 0 Å². The molecule has 0 radical (unpaired) electrons. The molecule has 54 valence electrons. The van der Waals surface area contributed by atoms with Crippen molar-refractivity contribution in [2.45, 2.75) is 0 Å². The van der Waals surface area contributed by atoms with E-state index >= 15 is 0 Å². The van der Waals surface area contributed by atoms with Crippen molar-refractivity contribution in [2.75, 3.05) is 13.8 Å². The minimum atomic E-state index is 0.350. The standard InChI is InChI=1S/C6H8N2O2/c1-10-6-2-3-8(5-9)4-7-6/h2-3,5H,4H2,1H3. The van der Waals surface area contributed by atoms with Gasteiger partial charge in [-0.1, -0.05) is 0 Å². The Bertz CT molecular complexity index is 186. The molecule has 0 aromatic heterocycles. The Balaban J connectivity index is 2.54. The van der Waals surface area contributed by atoms with E-state index in [1.165, 1.54) is 4.90 Å². The quantitative estimate of drug-likeness (QED) is 0.480. The molecule has 0 bridgehead atoms. The topological polar surface area (TPSA) is 41.9 Å². The van der Waals surface area contributed by atoms with Crippen LogP contribution in [-0.4, -0.2) is 31.0 Å². The van der Waals surface area contributed by atoms with Crippen molar-refractivity contribution in [3.63, 3.8) is 0 Å². The lowest BCUT2D eigenvalue weighted by Gasteiger charge is -2.13. The molecule has 0 unspecified atom stereocenters. The summed E-state index contributed by atoms with van der Waals surface area (Å²) in [6.45, 7) is 0.350. The van der Waals surface area contributed by atoms with E-state index in [1.807, 2.05) is 0 Å². The minimum absolute atomic E-state index is 0.350. The summed E-state index contributed by atoms with van der Waals surface area (Å²) in [5, 5.41) is 0. The maximum absolute atomic E-state index is 10.1. The Hall–Kier alpha value is -1.32. The number of carbonyl (C=O) groups is 1. The molecule has 1 rings (SSSR count). The average Bonchev–Trinajstić information content (AvgIpc) is 2.05. The average molecular weight is 140 g/mol. The number of hydrogen-bond donors (Lipinski definition) is 0. The van der Waals surface area contributed by atoms with Gasteiger partial charge in [0.2, 0.25) is 12.3 Å². The Morgan fingerprint density at radius 1 is 1.90 bits per heavy atom. The number of amides is 1. The fourth-order valence-corrected chi connectivity index (χ4v) is 0.612. The summed E-state index contributed by atoms with van der Waals surface area (Å²) >= 11 is 0. The zero-order chi connectivity index (χ0) is 7.40. The third kappa shape index (κ3) is 1.34. The van der Waals surface area contributed by atoms with Crippen molar-refractivity contribution in [1.82, 2.24) is 4.90 Å². The second kappa shape index (κ2) is 3.00. The first kappa shape index (κ1) is 6.80. The van der Waals surface area contributed by atoms with E-state index in [-0.39, 0.29) is 0 Å². The molecule has 1 heterocycles. The molecule has 0 atom stereocenters. The SMILES string of the molecule is COC1=NCN(C=O)C=C1. The van der Waals surface area contributed by atoms with Gasteiger partial charge in [-0.15, -0.1) is 0 Å². The van der Waals surface area contributed by atoms with Crippen LogP contribution in [0, 0.1) is 0 Å². The van der Waals surface area contributed by atoms with E-state index in [0.29, 0.717) is 19.0 Å². The second-order valence-corrected chi connectivity index (χ2v) is 1.78. The van der Waals surface area contributed by atoms with Gasteiger partial charge in [0.05, 0.1) is 7.11 Å². The first-order valence-corrected chi connectivity index (χ1v) is 2.84. The third-order valence-electron chi connectivity index (χ3n) is 1.14. The molecule has 0 N–H and O–H groups in total. The highest BCUT2D eigenvalue weighted by molar-refractivity contribution is 5.88. The molecule has 1 aliphatic heterocycles. The summed E-state index contributed by atoms with van der Waals surface area (Å²) in [6, 6.07) is 0. The molecule has 0 saturated heterocycles. The molecule has 4 nitrogen and oxygen atoms in total. The summed E-state index contributed by atoms with van der Waals surface area (Å²) in [5.74, 6) is 0.554. The number of aliphatic imine (C=N–C) groups is 1. The predicted molar refractivity (Wildman–Crippen MR) is 36.4 cm³/mol. The molecule has 0 saturated carbocycles. The van der Waals surface area contributed by atoms with E-state index < -0.39 is 0 Å². The molecule has 0 aliphatic carbocycles. The van der Waals surface area contributed by atoms with E-state index in [0.717, 1.165) is 0 Å². The van der Waals surface area contributed by atoms with Crippen molar-refractivity contribution in [2.24, 2.45) is 4.99 Å². The van der Waals surface area contributed by atoms with Crippen LogP contribution in [0.25, 0.3) is 0 Å². The zero-order valence-electron chi connectivity index (χ0n) is 5.65. The molecule has 10 heavy (non-hydrogen) atoms. The van der Waals surface area contributed by atoms with Gasteiger partial charge >= 0.3 is 0 Å². The maximum Gasteiger partial charge on any atom is 0.215 e. The van der Waals surface area contributed by atoms with Crippen LogP contribution in [0.5, 0.6) is 0 Å². The highest BCUT2D eigenvalue weighted by Crippen LogP contribution is 1.96. The molecule has 4 heteroatoms.